The second-order valence-electron chi connectivity index (χ2n) is 7.71. The Kier molecular flexibility index (Phi) is 6.79. The summed E-state index contributed by atoms with van der Waals surface area (Å²) in [6.07, 6.45) is 1.28. The summed E-state index contributed by atoms with van der Waals surface area (Å²) in [5.74, 6) is 2.13. The molecule has 2 heterocycles. The number of hydrogen-bond acceptors (Lipinski definition) is 7. The van der Waals surface area contributed by atoms with Crippen molar-refractivity contribution in [2.75, 3.05) is 33.4 Å². The third kappa shape index (κ3) is 5.59. The summed E-state index contributed by atoms with van der Waals surface area (Å²) in [6, 6.07) is 13.4. The molecule has 1 aliphatic heterocycles. The highest BCUT2D eigenvalue weighted by atomic mass is 19.1. The third-order valence-corrected chi connectivity index (χ3v) is 5.35. The van der Waals surface area contributed by atoms with E-state index in [-0.39, 0.29) is 18.3 Å². The van der Waals surface area contributed by atoms with Gasteiger partial charge in [-0.15, -0.1) is 0 Å². The highest BCUT2D eigenvalue weighted by Gasteiger charge is 2.27. The van der Waals surface area contributed by atoms with E-state index in [1.807, 2.05) is 24.3 Å². The van der Waals surface area contributed by atoms with Crippen LogP contribution < -0.4 is 9.47 Å². The molecule has 4 rings (SSSR count). The lowest BCUT2D eigenvalue weighted by molar-refractivity contribution is 0.0561. The number of aromatic nitrogens is 2. The van der Waals surface area contributed by atoms with Gasteiger partial charge in [0.25, 0.3) is 0 Å². The van der Waals surface area contributed by atoms with E-state index in [2.05, 4.69) is 15.0 Å². The predicted octanol–water partition coefficient (Wildman–Crippen LogP) is 3.50. The van der Waals surface area contributed by atoms with E-state index in [4.69, 9.17) is 14.0 Å². The molecule has 0 radical (unpaired) electrons. The van der Waals surface area contributed by atoms with Crippen LogP contribution in [0, 0.1) is 5.82 Å². The summed E-state index contributed by atoms with van der Waals surface area (Å²) in [5.41, 5.74) is 0.591. The Morgan fingerprint density at radius 2 is 2.03 bits per heavy atom. The van der Waals surface area contributed by atoms with Gasteiger partial charge in [-0.05, 0) is 55.8 Å². The molecule has 1 aliphatic rings. The largest absolute Gasteiger partial charge is 0.497 e. The number of piperidine rings is 1. The van der Waals surface area contributed by atoms with E-state index in [0.29, 0.717) is 36.1 Å². The molecular formula is C23H26FN3O4. The maximum absolute atomic E-state index is 13.5. The van der Waals surface area contributed by atoms with Gasteiger partial charge in [0, 0.05) is 18.7 Å². The molecule has 1 fully saturated rings. The maximum Gasteiger partial charge on any atom is 0.231 e. The molecule has 7 nitrogen and oxygen atoms in total. The van der Waals surface area contributed by atoms with Crippen molar-refractivity contribution in [2.45, 2.75) is 24.9 Å². The number of nitrogens with zero attached hydrogens (tertiary/aromatic N) is 3. The van der Waals surface area contributed by atoms with Gasteiger partial charge in [0.05, 0.1) is 13.0 Å². The topological polar surface area (TPSA) is 80.9 Å². The first-order valence-electron chi connectivity index (χ1n) is 10.4. The summed E-state index contributed by atoms with van der Waals surface area (Å²) in [7, 11) is 1.61. The van der Waals surface area contributed by atoms with E-state index >= 15 is 0 Å². The van der Waals surface area contributed by atoms with Crippen molar-refractivity contribution in [1.29, 1.82) is 0 Å². The molecule has 0 spiro atoms. The van der Waals surface area contributed by atoms with E-state index in [0.717, 1.165) is 25.1 Å². The Labute approximate surface area is 180 Å². The monoisotopic (exact) mass is 427 g/mol. The Hall–Kier alpha value is -2.97. The van der Waals surface area contributed by atoms with Gasteiger partial charge in [0.2, 0.25) is 11.7 Å². The highest BCUT2D eigenvalue weighted by molar-refractivity contribution is 5.53. The molecule has 1 aromatic heterocycles. The number of methoxy groups -OCH3 is 1. The lowest BCUT2D eigenvalue weighted by Gasteiger charge is -2.32. The molecule has 0 saturated carbocycles. The zero-order valence-electron chi connectivity index (χ0n) is 17.4. The lowest BCUT2D eigenvalue weighted by Crippen LogP contribution is -2.41. The molecule has 0 aliphatic carbocycles. The molecule has 3 aromatic rings. The highest BCUT2D eigenvalue weighted by Crippen LogP contribution is 2.28. The number of rotatable bonds is 8. The molecule has 0 amide bonds. The first-order chi connectivity index (χ1) is 15.1. The fourth-order valence-electron chi connectivity index (χ4n) is 3.78. The average Bonchev–Trinajstić information content (AvgIpc) is 3.29. The van der Waals surface area contributed by atoms with Crippen LogP contribution in [0.15, 0.2) is 53.1 Å². The predicted molar refractivity (Wildman–Crippen MR) is 113 cm³/mol. The standard InChI is InChI=1S/C23H26FN3O4/c1-29-20-7-9-21(10-8-20)30-15-19(28)14-27-11-3-5-17(13-27)23-25-22(26-31-23)16-4-2-6-18(24)12-16/h2,4,6-10,12,17,19,28H,3,5,11,13-15H2,1H3. The van der Waals surface area contributed by atoms with Crippen LogP contribution in [0.25, 0.3) is 11.4 Å². The van der Waals surface area contributed by atoms with Crippen LogP contribution in [0.4, 0.5) is 4.39 Å². The second kappa shape index (κ2) is 9.89. The fourth-order valence-corrected chi connectivity index (χ4v) is 3.78. The lowest BCUT2D eigenvalue weighted by atomic mass is 9.97. The molecule has 0 bridgehead atoms. The molecule has 8 heteroatoms. The summed E-state index contributed by atoms with van der Waals surface area (Å²) >= 11 is 0. The summed E-state index contributed by atoms with van der Waals surface area (Å²) in [6.45, 7) is 2.31. The van der Waals surface area contributed by atoms with E-state index < -0.39 is 6.10 Å². The van der Waals surface area contributed by atoms with Gasteiger partial charge in [-0.1, -0.05) is 17.3 Å². The van der Waals surface area contributed by atoms with Crippen molar-refractivity contribution in [3.05, 3.63) is 60.2 Å². The van der Waals surface area contributed by atoms with Crippen LogP contribution in [0.2, 0.25) is 0 Å². The molecule has 31 heavy (non-hydrogen) atoms. The number of hydrogen-bond donors (Lipinski definition) is 1. The summed E-state index contributed by atoms with van der Waals surface area (Å²) < 4.78 is 29.7. The SMILES string of the molecule is COc1ccc(OCC(O)CN2CCCC(c3nc(-c4cccc(F)c4)no3)C2)cc1. The van der Waals surface area contributed by atoms with Gasteiger partial charge >= 0.3 is 0 Å². The number of benzene rings is 2. The van der Waals surface area contributed by atoms with Crippen molar-refractivity contribution >= 4 is 0 Å². The van der Waals surface area contributed by atoms with Crippen molar-refractivity contribution in [3.63, 3.8) is 0 Å². The average molecular weight is 427 g/mol. The molecule has 2 atom stereocenters. The Morgan fingerprint density at radius 1 is 1.23 bits per heavy atom. The normalized spacial score (nSPS) is 18.0. The minimum Gasteiger partial charge on any atom is -0.497 e. The zero-order chi connectivity index (χ0) is 21.6. The van der Waals surface area contributed by atoms with Crippen molar-refractivity contribution in [3.8, 4) is 22.9 Å². The minimum atomic E-state index is -0.619. The van der Waals surface area contributed by atoms with Crippen LogP contribution in [-0.4, -0.2) is 59.6 Å². The Balaban J connectivity index is 1.30. The van der Waals surface area contributed by atoms with Gasteiger partial charge in [-0.3, -0.25) is 4.90 Å². The molecule has 2 aromatic carbocycles. The number of likely N-dealkylation sites (tertiary alicyclic amines) is 1. The number of aliphatic hydroxyl groups excluding tert-OH is 1. The quantitative estimate of drug-likeness (QED) is 0.589. The van der Waals surface area contributed by atoms with Crippen LogP contribution in [0.1, 0.15) is 24.7 Å². The van der Waals surface area contributed by atoms with Crippen LogP contribution in [-0.2, 0) is 0 Å². The molecule has 2 unspecified atom stereocenters. The number of ether oxygens (including phenoxy) is 2. The van der Waals surface area contributed by atoms with Gasteiger partial charge in [0.15, 0.2) is 0 Å². The Morgan fingerprint density at radius 3 is 2.81 bits per heavy atom. The third-order valence-electron chi connectivity index (χ3n) is 5.35. The summed E-state index contributed by atoms with van der Waals surface area (Å²) in [4.78, 5) is 6.66. The molecule has 1 N–H and O–H groups in total. The number of halogens is 1. The summed E-state index contributed by atoms with van der Waals surface area (Å²) in [5, 5.41) is 14.4. The van der Waals surface area contributed by atoms with Gasteiger partial charge in [0.1, 0.15) is 30.0 Å². The van der Waals surface area contributed by atoms with Gasteiger partial charge in [-0.2, -0.15) is 4.98 Å². The van der Waals surface area contributed by atoms with Crippen molar-refractivity contribution < 1.29 is 23.5 Å². The van der Waals surface area contributed by atoms with Crippen LogP contribution in [0.3, 0.4) is 0 Å². The van der Waals surface area contributed by atoms with E-state index in [9.17, 15) is 9.50 Å². The number of β-amino-alcohol motifs (C(OH)–C–C–N with tert-alkyl or cyclic N) is 1. The van der Waals surface area contributed by atoms with Crippen LogP contribution >= 0.6 is 0 Å². The minimum absolute atomic E-state index is 0.0817. The first-order valence-corrected chi connectivity index (χ1v) is 10.4. The fraction of sp³-hybridized carbons (Fsp3) is 0.391. The first kappa shape index (κ1) is 21.3. The van der Waals surface area contributed by atoms with E-state index in [1.54, 1.807) is 19.2 Å². The second-order valence-corrected chi connectivity index (χ2v) is 7.71. The van der Waals surface area contributed by atoms with Crippen molar-refractivity contribution in [1.82, 2.24) is 15.0 Å². The molecule has 164 valence electrons. The van der Waals surface area contributed by atoms with Crippen molar-refractivity contribution in [2.24, 2.45) is 0 Å². The van der Waals surface area contributed by atoms with Crippen LogP contribution in [0.5, 0.6) is 11.5 Å². The smallest absolute Gasteiger partial charge is 0.231 e. The zero-order valence-corrected chi connectivity index (χ0v) is 17.4. The van der Waals surface area contributed by atoms with Gasteiger partial charge < -0.3 is 19.1 Å². The van der Waals surface area contributed by atoms with Gasteiger partial charge in [-0.25, -0.2) is 4.39 Å². The maximum atomic E-state index is 13.5. The number of aliphatic hydroxyl groups is 1. The molecular weight excluding hydrogens is 401 g/mol. The molecule has 1 saturated heterocycles. The van der Waals surface area contributed by atoms with E-state index in [1.165, 1.54) is 12.1 Å². The Bertz CT molecular complexity index is 979.